The van der Waals surface area contributed by atoms with Gasteiger partial charge in [-0.1, -0.05) is 6.07 Å². The van der Waals surface area contributed by atoms with Crippen LogP contribution >= 0.6 is 0 Å². The molecule has 0 unspecified atom stereocenters. The van der Waals surface area contributed by atoms with E-state index in [9.17, 15) is 22.0 Å². The Morgan fingerprint density at radius 1 is 1.05 bits per heavy atom. The van der Waals surface area contributed by atoms with Crippen molar-refractivity contribution >= 4 is 32.5 Å². The number of pyridine rings is 3. The zero-order chi connectivity index (χ0) is 31.2. The van der Waals surface area contributed by atoms with E-state index in [0.29, 0.717) is 22.6 Å². The van der Waals surface area contributed by atoms with Crippen LogP contribution in [0.3, 0.4) is 0 Å². The van der Waals surface area contributed by atoms with Crippen LogP contribution in [0, 0.1) is 5.82 Å². The molecule has 1 saturated heterocycles. The summed E-state index contributed by atoms with van der Waals surface area (Å²) in [7, 11) is -4.55. The lowest BCUT2D eigenvalue weighted by Gasteiger charge is -2.36. The number of hydrogen-bond donors (Lipinski definition) is 1. The highest BCUT2D eigenvalue weighted by Gasteiger charge is 2.37. The van der Waals surface area contributed by atoms with Gasteiger partial charge in [-0.15, -0.1) is 0 Å². The number of halogens is 2. The Morgan fingerprint density at radius 2 is 1.80 bits per heavy atom. The highest BCUT2D eigenvalue weighted by molar-refractivity contribution is 7.92. The molecule has 2 aliphatic rings. The zero-order valence-corrected chi connectivity index (χ0v) is 25.1. The fourth-order valence-corrected chi connectivity index (χ4v) is 6.96. The highest BCUT2D eigenvalue weighted by Crippen LogP contribution is 2.35. The third kappa shape index (κ3) is 5.86. The van der Waals surface area contributed by atoms with Crippen LogP contribution in [0.2, 0.25) is 0 Å². The Labute approximate surface area is 253 Å². The predicted molar refractivity (Wildman–Crippen MR) is 159 cm³/mol. The number of anilines is 1. The zero-order valence-electron chi connectivity index (χ0n) is 24.3. The SMILES string of the molecule is C[C@@H]1CN(c2cccc(-c3ccc4cnc(CNC(=O)c5cc(F)c6c(c5)S(=O)(=O)[C@@H](F)CO[C@@H]6C)cc4n3)n2)C[C@H](C)O1. The van der Waals surface area contributed by atoms with Gasteiger partial charge >= 0.3 is 0 Å². The number of rotatable bonds is 5. The Hall–Kier alpha value is -4.07. The molecular weight excluding hydrogens is 592 g/mol. The number of nitrogens with zero attached hydrogens (tertiary/aromatic N) is 4. The normalized spacial score (nSPS) is 23.2. The van der Waals surface area contributed by atoms with Crippen LogP contribution in [0.25, 0.3) is 22.3 Å². The molecule has 13 heteroatoms. The Balaban J connectivity index is 1.22. The quantitative estimate of drug-likeness (QED) is 0.341. The van der Waals surface area contributed by atoms with Crippen molar-refractivity contribution in [3.05, 3.63) is 77.4 Å². The molecule has 1 N–H and O–H groups in total. The van der Waals surface area contributed by atoms with Crippen molar-refractivity contribution in [2.45, 2.75) is 56.0 Å². The second kappa shape index (κ2) is 11.8. The first-order valence-corrected chi connectivity index (χ1v) is 15.8. The van der Waals surface area contributed by atoms with E-state index < -0.39 is 44.7 Å². The lowest BCUT2D eigenvalue weighted by molar-refractivity contribution is -0.00545. The van der Waals surface area contributed by atoms with Crippen LogP contribution in [0.4, 0.5) is 14.6 Å². The Bertz CT molecular complexity index is 1850. The van der Waals surface area contributed by atoms with Gasteiger partial charge in [-0.05, 0) is 63.2 Å². The molecule has 5 heterocycles. The number of carbonyl (C=O) groups excluding carboxylic acids is 1. The van der Waals surface area contributed by atoms with Gasteiger partial charge in [-0.25, -0.2) is 27.2 Å². The topological polar surface area (TPSA) is 124 Å². The summed E-state index contributed by atoms with van der Waals surface area (Å²) in [6.45, 7) is 6.22. The molecular formula is C31H31F2N5O5S. The molecule has 230 valence electrons. The summed E-state index contributed by atoms with van der Waals surface area (Å²) in [6, 6.07) is 13.2. The van der Waals surface area contributed by atoms with E-state index in [1.54, 1.807) is 12.3 Å². The molecule has 2 aliphatic heterocycles. The summed E-state index contributed by atoms with van der Waals surface area (Å²) >= 11 is 0. The summed E-state index contributed by atoms with van der Waals surface area (Å²) in [4.78, 5) is 28.6. The molecule has 3 aromatic heterocycles. The van der Waals surface area contributed by atoms with Crippen LogP contribution < -0.4 is 10.2 Å². The van der Waals surface area contributed by atoms with Gasteiger partial charge in [0.15, 0.2) is 0 Å². The average molecular weight is 624 g/mol. The van der Waals surface area contributed by atoms with Crippen LogP contribution in [0.15, 0.2) is 59.6 Å². The molecule has 0 saturated carbocycles. The molecule has 4 aromatic rings. The molecule has 1 amide bonds. The first-order valence-electron chi connectivity index (χ1n) is 14.2. The Kier molecular flexibility index (Phi) is 8.03. The number of aromatic nitrogens is 3. The average Bonchev–Trinajstić information content (AvgIpc) is 3.08. The number of fused-ring (bicyclic) bond motifs is 2. The first kappa shape index (κ1) is 30.0. The van der Waals surface area contributed by atoms with Crippen molar-refractivity contribution in [1.29, 1.82) is 0 Å². The summed E-state index contributed by atoms with van der Waals surface area (Å²) in [5.74, 6) is -0.865. The van der Waals surface area contributed by atoms with Crippen molar-refractivity contribution in [3.8, 4) is 11.4 Å². The third-order valence-electron chi connectivity index (χ3n) is 7.68. The van der Waals surface area contributed by atoms with Gasteiger partial charge in [-0.2, -0.15) is 0 Å². The molecule has 0 bridgehead atoms. The van der Waals surface area contributed by atoms with Crippen molar-refractivity contribution in [2.75, 3.05) is 24.6 Å². The molecule has 1 aromatic carbocycles. The van der Waals surface area contributed by atoms with E-state index in [1.165, 1.54) is 6.92 Å². The number of benzene rings is 1. The van der Waals surface area contributed by atoms with E-state index in [-0.39, 0.29) is 29.9 Å². The lowest BCUT2D eigenvalue weighted by atomic mass is 10.1. The summed E-state index contributed by atoms with van der Waals surface area (Å²) in [6.07, 6.45) is 0.824. The van der Waals surface area contributed by atoms with Crippen molar-refractivity contribution in [2.24, 2.45) is 0 Å². The fraction of sp³-hybridized carbons (Fsp3) is 0.355. The van der Waals surface area contributed by atoms with Crippen LogP contribution in [-0.4, -0.2) is 66.7 Å². The van der Waals surface area contributed by atoms with E-state index in [4.69, 9.17) is 19.4 Å². The number of carbonyl (C=O) groups is 1. The molecule has 6 rings (SSSR count). The monoisotopic (exact) mass is 623 g/mol. The minimum absolute atomic E-state index is 0.0431. The van der Waals surface area contributed by atoms with Gasteiger partial charge in [0, 0.05) is 35.8 Å². The van der Waals surface area contributed by atoms with Gasteiger partial charge in [0.05, 0.1) is 59.0 Å². The molecule has 10 nitrogen and oxygen atoms in total. The van der Waals surface area contributed by atoms with Crippen molar-refractivity contribution in [1.82, 2.24) is 20.3 Å². The van der Waals surface area contributed by atoms with E-state index in [2.05, 4.69) is 15.2 Å². The number of amides is 1. The van der Waals surface area contributed by atoms with E-state index in [1.807, 2.05) is 44.2 Å². The number of morpholine rings is 1. The Morgan fingerprint density at radius 3 is 2.57 bits per heavy atom. The lowest BCUT2D eigenvalue weighted by Crippen LogP contribution is -2.45. The minimum Gasteiger partial charge on any atom is -0.372 e. The van der Waals surface area contributed by atoms with Crippen molar-refractivity contribution < 1.29 is 31.5 Å². The summed E-state index contributed by atoms with van der Waals surface area (Å²) in [5, 5.41) is 3.42. The summed E-state index contributed by atoms with van der Waals surface area (Å²) in [5.41, 5.74) is -0.446. The fourth-order valence-electron chi connectivity index (χ4n) is 5.56. The van der Waals surface area contributed by atoms with Gasteiger partial charge < -0.3 is 19.7 Å². The molecule has 1 fully saturated rings. The van der Waals surface area contributed by atoms with Crippen LogP contribution in [0.1, 0.15) is 48.5 Å². The van der Waals surface area contributed by atoms with Crippen LogP contribution in [-0.2, 0) is 25.9 Å². The van der Waals surface area contributed by atoms with Gasteiger partial charge in [0.2, 0.25) is 15.3 Å². The highest BCUT2D eigenvalue weighted by atomic mass is 32.2. The molecule has 44 heavy (non-hydrogen) atoms. The molecule has 4 atom stereocenters. The van der Waals surface area contributed by atoms with Gasteiger partial charge in [-0.3, -0.25) is 9.78 Å². The van der Waals surface area contributed by atoms with Crippen molar-refractivity contribution in [3.63, 3.8) is 0 Å². The van der Waals surface area contributed by atoms with Gasteiger partial charge in [0.25, 0.3) is 5.91 Å². The maximum absolute atomic E-state index is 15.0. The standard InChI is InChI=1S/C31H31F2N5O5S/c1-17-14-38(15-18(2)43-17)29-6-4-5-24(37-29)25-8-7-20-12-34-22(11-26(20)36-25)13-35-31(39)21-9-23(32)30-19(3)42-16-28(33)44(40,41)27(30)10-21/h4-12,17-19,28H,13-16H2,1-3H3,(H,35,39)/t17-,18+,19-,28-/m1/s1. The van der Waals surface area contributed by atoms with Crippen LogP contribution in [0.5, 0.6) is 0 Å². The second-order valence-electron chi connectivity index (χ2n) is 11.1. The first-order chi connectivity index (χ1) is 21.0. The number of alkyl halides is 1. The second-order valence-corrected chi connectivity index (χ2v) is 13.1. The van der Waals surface area contributed by atoms with E-state index >= 15 is 0 Å². The minimum atomic E-state index is -4.55. The molecule has 0 radical (unpaired) electrons. The summed E-state index contributed by atoms with van der Waals surface area (Å²) < 4.78 is 65.7. The van der Waals surface area contributed by atoms with E-state index in [0.717, 1.165) is 36.4 Å². The number of sulfone groups is 1. The predicted octanol–water partition coefficient (Wildman–Crippen LogP) is 4.54. The van der Waals surface area contributed by atoms with Gasteiger partial charge in [0.1, 0.15) is 11.6 Å². The number of ether oxygens (including phenoxy) is 2. The number of hydrogen-bond acceptors (Lipinski definition) is 9. The third-order valence-corrected chi connectivity index (χ3v) is 9.44. The number of nitrogens with one attached hydrogen (secondary N) is 1. The molecule has 0 aliphatic carbocycles. The largest absolute Gasteiger partial charge is 0.372 e. The maximum atomic E-state index is 15.0. The molecule has 0 spiro atoms. The maximum Gasteiger partial charge on any atom is 0.251 e. The smallest absolute Gasteiger partial charge is 0.251 e.